The maximum absolute atomic E-state index is 10.4. The number of aromatic hydroxyl groups is 1. The van der Waals surface area contributed by atoms with Gasteiger partial charge in [-0.25, -0.2) is 4.98 Å². The molecule has 0 aliphatic rings. The molecule has 17 heavy (non-hydrogen) atoms. The molecule has 0 amide bonds. The van der Waals surface area contributed by atoms with Crippen molar-refractivity contribution in [1.29, 1.82) is 0 Å². The summed E-state index contributed by atoms with van der Waals surface area (Å²) in [5.74, 6) is -0.567. The zero-order chi connectivity index (χ0) is 12.3. The first-order valence-electron chi connectivity index (χ1n) is 4.69. The van der Waals surface area contributed by atoms with Crippen LogP contribution in [0.3, 0.4) is 0 Å². The lowest BCUT2D eigenvalue weighted by Crippen LogP contribution is -1.99. The number of para-hydroxylation sites is 1. The molecular formula is C10H8N4O3. The monoisotopic (exact) mass is 232 g/mol. The summed E-state index contributed by atoms with van der Waals surface area (Å²) >= 11 is 0. The number of nitro groups is 1. The molecule has 1 aromatic carbocycles. The summed E-state index contributed by atoms with van der Waals surface area (Å²) in [7, 11) is 0. The molecule has 1 heterocycles. The van der Waals surface area contributed by atoms with Crippen molar-refractivity contribution >= 4 is 17.3 Å². The van der Waals surface area contributed by atoms with Crippen LogP contribution in [0.25, 0.3) is 0 Å². The summed E-state index contributed by atoms with van der Waals surface area (Å²) in [4.78, 5) is 17.0. The Balaban J connectivity index is 2.24. The average Bonchev–Trinajstić information content (AvgIpc) is 2.30. The van der Waals surface area contributed by atoms with Gasteiger partial charge < -0.3 is 10.4 Å². The van der Waals surface area contributed by atoms with Crippen molar-refractivity contribution in [3.8, 4) is 5.88 Å². The molecule has 7 heteroatoms. The van der Waals surface area contributed by atoms with Gasteiger partial charge in [-0.05, 0) is 12.1 Å². The van der Waals surface area contributed by atoms with Crippen LogP contribution in [-0.2, 0) is 0 Å². The second kappa shape index (κ2) is 4.44. The van der Waals surface area contributed by atoms with Gasteiger partial charge in [0, 0.05) is 5.69 Å². The Morgan fingerprint density at radius 1 is 1.29 bits per heavy atom. The molecule has 1 aromatic heterocycles. The van der Waals surface area contributed by atoms with Crippen LogP contribution in [0.15, 0.2) is 36.5 Å². The Labute approximate surface area is 95.9 Å². The quantitative estimate of drug-likeness (QED) is 0.618. The van der Waals surface area contributed by atoms with E-state index >= 15 is 0 Å². The summed E-state index contributed by atoms with van der Waals surface area (Å²) in [5.41, 5.74) is 0.198. The first-order chi connectivity index (χ1) is 8.16. The number of nitrogens with zero attached hydrogens (tertiary/aromatic N) is 3. The van der Waals surface area contributed by atoms with E-state index in [1.54, 1.807) is 12.1 Å². The molecule has 2 N–H and O–H groups in total. The van der Waals surface area contributed by atoms with Gasteiger partial charge in [-0.15, -0.1) is 0 Å². The molecule has 0 radical (unpaired) electrons. The van der Waals surface area contributed by atoms with Crippen molar-refractivity contribution in [2.75, 3.05) is 5.32 Å². The molecule has 2 aromatic rings. The SMILES string of the molecule is O=[N+]([O-])c1cnc(Nc2ccccc2)nc1O. The summed E-state index contributed by atoms with van der Waals surface area (Å²) < 4.78 is 0. The summed E-state index contributed by atoms with van der Waals surface area (Å²) in [6.07, 6.45) is 0.952. The number of nitrogens with one attached hydrogen (secondary N) is 1. The zero-order valence-corrected chi connectivity index (χ0v) is 8.57. The third-order valence-electron chi connectivity index (χ3n) is 1.98. The Morgan fingerprint density at radius 3 is 2.59 bits per heavy atom. The van der Waals surface area contributed by atoms with E-state index in [-0.39, 0.29) is 5.95 Å². The third-order valence-corrected chi connectivity index (χ3v) is 1.98. The topological polar surface area (TPSA) is 101 Å². The molecular weight excluding hydrogens is 224 g/mol. The first kappa shape index (κ1) is 10.8. The predicted octanol–water partition coefficient (Wildman–Crippen LogP) is 1.83. The van der Waals surface area contributed by atoms with Gasteiger partial charge in [0.25, 0.3) is 5.88 Å². The van der Waals surface area contributed by atoms with Gasteiger partial charge in [-0.3, -0.25) is 10.1 Å². The van der Waals surface area contributed by atoms with Crippen LogP contribution in [0.4, 0.5) is 17.3 Å². The van der Waals surface area contributed by atoms with Crippen LogP contribution >= 0.6 is 0 Å². The smallest absolute Gasteiger partial charge is 0.349 e. The molecule has 0 aliphatic heterocycles. The molecule has 0 aliphatic carbocycles. The molecule has 2 rings (SSSR count). The highest BCUT2D eigenvalue weighted by atomic mass is 16.6. The molecule has 0 saturated heterocycles. The number of rotatable bonds is 3. The molecule has 0 atom stereocenters. The van der Waals surface area contributed by atoms with Crippen molar-refractivity contribution in [3.63, 3.8) is 0 Å². The van der Waals surface area contributed by atoms with Gasteiger partial charge in [0.2, 0.25) is 5.95 Å². The van der Waals surface area contributed by atoms with E-state index in [0.717, 1.165) is 11.9 Å². The van der Waals surface area contributed by atoms with Crippen molar-refractivity contribution in [2.45, 2.75) is 0 Å². The lowest BCUT2D eigenvalue weighted by atomic mass is 10.3. The minimum Gasteiger partial charge on any atom is -0.488 e. The van der Waals surface area contributed by atoms with E-state index in [0.29, 0.717) is 0 Å². The molecule has 7 nitrogen and oxygen atoms in total. The second-order valence-electron chi connectivity index (χ2n) is 3.15. The summed E-state index contributed by atoms with van der Waals surface area (Å²) in [6.45, 7) is 0. The van der Waals surface area contributed by atoms with Gasteiger partial charge in [0.05, 0.1) is 4.92 Å². The number of aromatic nitrogens is 2. The Hall–Kier alpha value is -2.70. The van der Waals surface area contributed by atoms with Gasteiger partial charge >= 0.3 is 5.69 Å². The lowest BCUT2D eigenvalue weighted by molar-refractivity contribution is -0.386. The fraction of sp³-hybridized carbons (Fsp3) is 0. The summed E-state index contributed by atoms with van der Waals surface area (Å²) in [6, 6.07) is 9.03. The molecule has 0 spiro atoms. The van der Waals surface area contributed by atoms with Gasteiger partial charge in [0.1, 0.15) is 6.20 Å². The predicted molar refractivity (Wildman–Crippen MR) is 60.1 cm³/mol. The highest BCUT2D eigenvalue weighted by molar-refractivity contribution is 5.54. The van der Waals surface area contributed by atoms with Crippen molar-refractivity contribution in [1.82, 2.24) is 9.97 Å². The second-order valence-corrected chi connectivity index (χ2v) is 3.15. The molecule has 86 valence electrons. The van der Waals surface area contributed by atoms with Crippen LogP contribution in [-0.4, -0.2) is 20.0 Å². The highest BCUT2D eigenvalue weighted by Gasteiger charge is 2.15. The van der Waals surface area contributed by atoms with Crippen LogP contribution in [0.1, 0.15) is 0 Å². The van der Waals surface area contributed by atoms with Gasteiger partial charge in [-0.1, -0.05) is 18.2 Å². The fourth-order valence-electron chi connectivity index (χ4n) is 1.21. The van der Waals surface area contributed by atoms with Crippen molar-refractivity contribution < 1.29 is 10.0 Å². The third kappa shape index (κ3) is 2.46. The minimum absolute atomic E-state index is 0.0966. The first-order valence-corrected chi connectivity index (χ1v) is 4.69. The Morgan fingerprint density at radius 2 is 2.00 bits per heavy atom. The number of hydrogen-bond acceptors (Lipinski definition) is 6. The van der Waals surface area contributed by atoms with Crippen molar-refractivity contribution in [2.24, 2.45) is 0 Å². The molecule has 0 fully saturated rings. The lowest BCUT2D eigenvalue weighted by Gasteiger charge is -2.03. The highest BCUT2D eigenvalue weighted by Crippen LogP contribution is 2.23. The van der Waals surface area contributed by atoms with E-state index in [1.807, 2.05) is 18.2 Å². The number of benzene rings is 1. The van der Waals surface area contributed by atoms with E-state index in [9.17, 15) is 15.2 Å². The van der Waals surface area contributed by atoms with Crippen LogP contribution < -0.4 is 5.32 Å². The van der Waals surface area contributed by atoms with Crippen LogP contribution in [0, 0.1) is 10.1 Å². The number of anilines is 2. The van der Waals surface area contributed by atoms with Crippen LogP contribution in [0.5, 0.6) is 5.88 Å². The van der Waals surface area contributed by atoms with E-state index in [1.165, 1.54) is 0 Å². The molecule has 0 unspecified atom stereocenters. The number of hydrogen-bond donors (Lipinski definition) is 2. The maximum Gasteiger partial charge on any atom is 0.349 e. The molecule has 0 saturated carbocycles. The van der Waals surface area contributed by atoms with E-state index in [4.69, 9.17) is 0 Å². The van der Waals surface area contributed by atoms with Gasteiger partial charge in [-0.2, -0.15) is 4.98 Å². The minimum atomic E-state index is -0.748. The zero-order valence-electron chi connectivity index (χ0n) is 8.57. The Bertz CT molecular complexity index is 545. The largest absolute Gasteiger partial charge is 0.488 e. The van der Waals surface area contributed by atoms with E-state index < -0.39 is 16.5 Å². The van der Waals surface area contributed by atoms with Crippen molar-refractivity contribution in [3.05, 3.63) is 46.6 Å². The Kier molecular flexibility index (Phi) is 2.82. The summed E-state index contributed by atoms with van der Waals surface area (Å²) in [5, 5.41) is 22.5. The standard InChI is InChI=1S/C10H8N4O3/c15-9-8(14(16)17)6-11-10(13-9)12-7-4-2-1-3-5-7/h1-6H,(H2,11,12,13,15). The molecule has 0 bridgehead atoms. The fourth-order valence-corrected chi connectivity index (χ4v) is 1.21. The van der Waals surface area contributed by atoms with Gasteiger partial charge in [0.15, 0.2) is 0 Å². The maximum atomic E-state index is 10.4. The normalized spacial score (nSPS) is 9.88. The average molecular weight is 232 g/mol. The van der Waals surface area contributed by atoms with Crippen LogP contribution in [0.2, 0.25) is 0 Å². The van der Waals surface area contributed by atoms with E-state index in [2.05, 4.69) is 15.3 Å².